The Kier molecular flexibility index (Phi) is 12.8. The fourth-order valence-corrected chi connectivity index (χ4v) is 5.44. The lowest BCUT2D eigenvalue weighted by Gasteiger charge is -2.48. The lowest BCUT2D eigenvalue weighted by molar-refractivity contribution is -0.380. The first-order chi connectivity index (χ1) is 21.2. The summed E-state index contributed by atoms with van der Waals surface area (Å²) in [5.74, 6) is 0. The van der Waals surface area contributed by atoms with Crippen molar-refractivity contribution in [2.45, 2.75) is 123 Å². The predicted molar refractivity (Wildman–Crippen MR) is 134 cm³/mol. The second-order valence-corrected chi connectivity index (χ2v) is 11.2. The standard InChI is InChI=1S/C24H42O21/c25-1-5-9(28)11(30)16(35)22(41-5)39-4-8-10(29)12(31)17(36)23(43-8)45-20-7(3-27)42-24(18(37)14(20)33)44-19-6(2-26)40-21(38)15(34)13(19)32/h5-38H,1-4H2/t5-,6-,7-,8-,9+,10-,11+,12+,13-,14-,15+,16-,17+,18+,19-,20-,21?,22+,23-,24+/m1/s1. The Labute approximate surface area is 254 Å². The summed E-state index contributed by atoms with van der Waals surface area (Å²) in [6, 6.07) is 0. The van der Waals surface area contributed by atoms with Crippen molar-refractivity contribution in [3.8, 4) is 0 Å². The van der Waals surface area contributed by atoms with Crippen LogP contribution in [0.1, 0.15) is 0 Å². The van der Waals surface area contributed by atoms with Crippen LogP contribution in [0.4, 0.5) is 0 Å². The van der Waals surface area contributed by atoms with Gasteiger partial charge in [-0.15, -0.1) is 0 Å². The third kappa shape index (κ3) is 7.59. The zero-order valence-corrected chi connectivity index (χ0v) is 23.5. The van der Waals surface area contributed by atoms with Crippen LogP contribution in [-0.4, -0.2) is 221 Å². The van der Waals surface area contributed by atoms with E-state index >= 15 is 0 Å². The van der Waals surface area contributed by atoms with E-state index in [0.29, 0.717) is 0 Å². The molecule has 14 N–H and O–H groups in total. The molecule has 4 heterocycles. The second kappa shape index (κ2) is 15.6. The molecular formula is C24H42O21. The van der Waals surface area contributed by atoms with E-state index in [1.54, 1.807) is 0 Å². The lowest BCUT2D eigenvalue weighted by Crippen LogP contribution is -2.66. The van der Waals surface area contributed by atoms with Crippen LogP contribution in [0.25, 0.3) is 0 Å². The summed E-state index contributed by atoms with van der Waals surface area (Å²) in [6.45, 7) is -3.14. The quantitative estimate of drug-likeness (QED) is 0.103. The highest BCUT2D eigenvalue weighted by Crippen LogP contribution is 2.32. The molecule has 1 unspecified atom stereocenters. The maximum Gasteiger partial charge on any atom is 0.187 e. The molecule has 21 heteroatoms. The van der Waals surface area contributed by atoms with Crippen LogP contribution in [0.15, 0.2) is 0 Å². The van der Waals surface area contributed by atoms with Crippen molar-refractivity contribution in [1.29, 1.82) is 0 Å². The molecule has 0 aromatic carbocycles. The first kappa shape index (κ1) is 37.0. The fraction of sp³-hybridized carbons (Fsp3) is 1.00. The number of hydrogen-bond donors (Lipinski definition) is 14. The van der Waals surface area contributed by atoms with Crippen molar-refractivity contribution in [3.63, 3.8) is 0 Å². The molecule has 4 fully saturated rings. The summed E-state index contributed by atoms with van der Waals surface area (Å²) in [6.07, 6.45) is -35.0. The van der Waals surface area contributed by atoms with E-state index in [1.165, 1.54) is 0 Å². The smallest absolute Gasteiger partial charge is 0.187 e. The normalized spacial score (nSPS) is 52.9. The summed E-state index contributed by atoms with van der Waals surface area (Å²) >= 11 is 0. The van der Waals surface area contributed by atoms with Gasteiger partial charge in [0.2, 0.25) is 0 Å². The maximum absolute atomic E-state index is 10.9. The average Bonchev–Trinajstić information content (AvgIpc) is 3.03. The highest BCUT2D eigenvalue weighted by Gasteiger charge is 2.53. The maximum atomic E-state index is 10.9. The summed E-state index contributed by atoms with van der Waals surface area (Å²) in [5.41, 5.74) is 0. The van der Waals surface area contributed by atoms with E-state index in [9.17, 15) is 71.5 Å². The molecule has 264 valence electrons. The van der Waals surface area contributed by atoms with Crippen LogP contribution in [0, 0.1) is 0 Å². The van der Waals surface area contributed by atoms with Crippen molar-refractivity contribution in [3.05, 3.63) is 0 Å². The molecule has 0 aromatic rings. The molecular weight excluding hydrogens is 624 g/mol. The Bertz CT molecular complexity index is 912. The molecule has 0 amide bonds. The highest BCUT2D eigenvalue weighted by atomic mass is 16.8. The molecule has 0 aromatic heterocycles. The summed E-state index contributed by atoms with van der Waals surface area (Å²) in [5, 5.41) is 142. The molecule has 4 aliphatic rings. The molecule has 20 atom stereocenters. The summed E-state index contributed by atoms with van der Waals surface area (Å²) in [4.78, 5) is 0. The third-order valence-electron chi connectivity index (χ3n) is 8.18. The monoisotopic (exact) mass is 666 g/mol. The summed E-state index contributed by atoms with van der Waals surface area (Å²) in [7, 11) is 0. The van der Waals surface area contributed by atoms with E-state index in [0.717, 1.165) is 0 Å². The SMILES string of the molecule is OC[C@H]1O[C@H](OC[C@H]2O[C@H](O[C@H]3[C@H](O)[C@H](O)[C@H](O[C@H]4[C@H](O)[C@H](O)C(O)O[C@@H]4CO)O[C@@H]3CO)[C@@H](O)[C@@H](O)[C@@H]2O)[C@H](O)[C@@H](O)[C@H]1O. The molecule has 4 rings (SSSR count). The minimum Gasteiger partial charge on any atom is -0.394 e. The first-order valence-electron chi connectivity index (χ1n) is 14.1. The number of aliphatic hydroxyl groups excluding tert-OH is 14. The van der Waals surface area contributed by atoms with Crippen LogP contribution in [0.2, 0.25) is 0 Å². The molecule has 0 radical (unpaired) electrons. The van der Waals surface area contributed by atoms with E-state index in [1.807, 2.05) is 0 Å². The minimum absolute atomic E-state index is 0.683. The Morgan fingerprint density at radius 2 is 0.778 bits per heavy atom. The van der Waals surface area contributed by atoms with Gasteiger partial charge in [0.15, 0.2) is 25.2 Å². The minimum atomic E-state index is -2.00. The van der Waals surface area contributed by atoms with Gasteiger partial charge in [0.25, 0.3) is 0 Å². The van der Waals surface area contributed by atoms with Gasteiger partial charge in [-0.25, -0.2) is 0 Å². The molecule has 4 aliphatic heterocycles. The van der Waals surface area contributed by atoms with Gasteiger partial charge in [-0.1, -0.05) is 0 Å². The van der Waals surface area contributed by atoms with E-state index in [-0.39, 0.29) is 0 Å². The molecule has 0 spiro atoms. The molecule has 45 heavy (non-hydrogen) atoms. The number of hydrogen-bond acceptors (Lipinski definition) is 21. The zero-order chi connectivity index (χ0) is 33.3. The van der Waals surface area contributed by atoms with Crippen LogP contribution in [0.5, 0.6) is 0 Å². The topological polar surface area (TPSA) is 348 Å². The van der Waals surface area contributed by atoms with Crippen molar-refractivity contribution in [1.82, 2.24) is 0 Å². The van der Waals surface area contributed by atoms with Crippen LogP contribution >= 0.6 is 0 Å². The Morgan fingerprint density at radius 3 is 1.31 bits per heavy atom. The van der Waals surface area contributed by atoms with E-state index < -0.39 is 149 Å². The van der Waals surface area contributed by atoms with Gasteiger partial charge in [0.05, 0.1) is 26.4 Å². The van der Waals surface area contributed by atoms with Crippen LogP contribution in [-0.2, 0) is 33.2 Å². The Morgan fingerprint density at radius 1 is 0.378 bits per heavy atom. The number of rotatable bonds is 10. The average molecular weight is 667 g/mol. The van der Waals surface area contributed by atoms with Gasteiger partial charge in [-0.2, -0.15) is 0 Å². The van der Waals surface area contributed by atoms with Gasteiger partial charge >= 0.3 is 0 Å². The van der Waals surface area contributed by atoms with Gasteiger partial charge in [-0.05, 0) is 0 Å². The lowest BCUT2D eigenvalue weighted by atomic mass is 9.96. The second-order valence-electron chi connectivity index (χ2n) is 11.2. The first-order valence-corrected chi connectivity index (χ1v) is 14.1. The largest absolute Gasteiger partial charge is 0.394 e. The summed E-state index contributed by atoms with van der Waals surface area (Å²) < 4.78 is 37.5. The molecule has 0 saturated carbocycles. The van der Waals surface area contributed by atoms with Crippen molar-refractivity contribution in [2.75, 3.05) is 26.4 Å². The van der Waals surface area contributed by atoms with Gasteiger partial charge in [0.1, 0.15) is 97.7 Å². The van der Waals surface area contributed by atoms with Gasteiger partial charge in [-0.3, -0.25) is 0 Å². The molecule has 21 nitrogen and oxygen atoms in total. The van der Waals surface area contributed by atoms with Crippen molar-refractivity contribution < 1.29 is 105 Å². The highest BCUT2D eigenvalue weighted by molar-refractivity contribution is 4.96. The Hall–Kier alpha value is -0.840. The van der Waals surface area contributed by atoms with Gasteiger partial charge in [0, 0.05) is 0 Å². The van der Waals surface area contributed by atoms with Crippen molar-refractivity contribution in [2.24, 2.45) is 0 Å². The van der Waals surface area contributed by atoms with E-state index in [2.05, 4.69) is 0 Å². The Balaban J connectivity index is 1.41. The van der Waals surface area contributed by atoms with Crippen LogP contribution in [0.3, 0.4) is 0 Å². The van der Waals surface area contributed by atoms with Gasteiger partial charge < -0.3 is 105 Å². The molecule has 0 bridgehead atoms. The van der Waals surface area contributed by atoms with Crippen molar-refractivity contribution >= 4 is 0 Å². The third-order valence-corrected chi connectivity index (χ3v) is 8.18. The fourth-order valence-electron chi connectivity index (χ4n) is 5.44. The van der Waals surface area contributed by atoms with Crippen LogP contribution < -0.4 is 0 Å². The van der Waals surface area contributed by atoms with E-state index in [4.69, 9.17) is 33.2 Å². The number of ether oxygens (including phenoxy) is 7. The molecule has 0 aliphatic carbocycles. The number of aliphatic hydroxyl groups is 14. The molecule has 4 saturated heterocycles. The zero-order valence-electron chi connectivity index (χ0n) is 23.5. The predicted octanol–water partition coefficient (Wildman–Crippen LogP) is -9.75.